The Morgan fingerprint density at radius 3 is 2.85 bits per heavy atom. The average Bonchev–Trinajstić information content (AvgIpc) is 3.03. The molecule has 0 radical (unpaired) electrons. The van der Waals surface area contributed by atoms with Crippen LogP contribution in [0.4, 0.5) is 0 Å². The zero-order chi connectivity index (χ0) is 13.6. The van der Waals surface area contributed by atoms with Gasteiger partial charge in [-0.1, -0.05) is 18.2 Å². The molecule has 1 aromatic rings. The van der Waals surface area contributed by atoms with Crippen LogP contribution < -0.4 is 10.1 Å². The summed E-state index contributed by atoms with van der Waals surface area (Å²) in [5.74, 6) is 1.83. The van der Waals surface area contributed by atoms with Crippen molar-refractivity contribution >= 4 is 0 Å². The Morgan fingerprint density at radius 2 is 2.05 bits per heavy atom. The summed E-state index contributed by atoms with van der Waals surface area (Å²) in [6.45, 7) is 5.56. The van der Waals surface area contributed by atoms with Gasteiger partial charge in [-0.2, -0.15) is 0 Å². The van der Waals surface area contributed by atoms with E-state index in [1.165, 1.54) is 45.3 Å². The second-order valence-corrected chi connectivity index (χ2v) is 6.07. The van der Waals surface area contributed by atoms with E-state index in [1.807, 2.05) is 30.3 Å². The predicted octanol–water partition coefficient (Wildman–Crippen LogP) is 2.53. The number of para-hydroxylation sites is 1. The Labute approximate surface area is 122 Å². The second-order valence-electron chi connectivity index (χ2n) is 6.07. The lowest BCUT2D eigenvalue weighted by molar-refractivity contribution is 0.130. The molecule has 3 nitrogen and oxygen atoms in total. The highest BCUT2D eigenvalue weighted by Gasteiger charge is 2.28. The molecular weight excluding hydrogens is 248 g/mol. The minimum Gasteiger partial charge on any atom is -0.492 e. The molecule has 1 N–H and O–H groups in total. The van der Waals surface area contributed by atoms with E-state index in [0.717, 1.165) is 30.9 Å². The van der Waals surface area contributed by atoms with Crippen molar-refractivity contribution in [3.63, 3.8) is 0 Å². The molecule has 110 valence electrons. The summed E-state index contributed by atoms with van der Waals surface area (Å²) in [6.07, 6.45) is 5.47. The summed E-state index contributed by atoms with van der Waals surface area (Å²) in [5, 5.41) is 3.67. The van der Waals surface area contributed by atoms with Crippen LogP contribution in [0, 0.1) is 5.92 Å². The van der Waals surface area contributed by atoms with Crippen molar-refractivity contribution in [2.24, 2.45) is 5.92 Å². The summed E-state index contributed by atoms with van der Waals surface area (Å²) in [6, 6.07) is 10.9. The first kappa shape index (κ1) is 13.9. The topological polar surface area (TPSA) is 24.5 Å². The fourth-order valence-electron chi connectivity index (χ4n) is 3.55. The molecule has 3 rings (SSSR count). The molecule has 0 spiro atoms. The smallest absolute Gasteiger partial charge is 0.119 e. The monoisotopic (exact) mass is 274 g/mol. The van der Waals surface area contributed by atoms with E-state index < -0.39 is 0 Å². The molecule has 2 aliphatic heterocycles. The number of piperidine rings is 1. The Bertz CT molecular complexity index is 389. The third kappa shape index (κ3) is 3.74. The van der Waals surface area contributed by atoms with Crippen molar-refractivity contribution in [2.75, 3.05) is 32.8 Å². The van der Waals surface area contributed by atoms with Gasteiger partial charge in [-0.05, 0) is 56.8 Å². The molecule has 3 heteroatoms. The average molecular weight is 274 g/mol. The summed E-state index contributed by atoms with van der Waals surface area (Å²) in [5.41, 5.74) is 0. The lowest BCUT2D eigenvalue weighted by Gasteiger charge is -2.35. The van der Waals surface area contributed by atoms with Gasteiger partial charge in [0, 0.05) is 19.1 Å². The number of nitrogens with zero attached hydrogens (tertiary/aromatic N) is 1. The lowest BCUT2D eigenvalue weighted by atomic mass is 9.90. The molecule has 0 amide bonds. The van der Waals surface area contributed by atoms with Gasteiger partial charge in [-0.25, -0.2) is 0 Å². The van der Waals surface area contributed by atoms with Crippen molar-refractivity contribution in [3.8, 4) is 5.75 Å². The van der Waals surface area contributed by atoms with Crippen LogP contribution in [-0.4, -0.2) is 43.7 Å². The van der Waals surface area contributed by atoms with Crippen molar-refractivity contribution in [3.05, 3.63) is 30.3 Å². The summed E-state index contributed by atoms with van der Waals surface area (Å²) in [7, 11) is 0. The van der Waals surface area contributed by atoms with Gasteiger partial charge in [0.25, 0.3) is 0 Å². The zero-order valence-corrected chi connectivity index (χ0v) is 12.3. The van der Waals surface area contributed by atoms with Gasteiger partial charge in [-0.3, -0.25) is 4.90 Å². The molecule has 2 aliphatic rings. The van der Waals surface area contributed by atoms with Gasteiger partial charge < -0.3 is 10.1 Å². The molecule has 1 aromatic carbocycles. The number of nitrogens with one attached hydrogen (secondary N) is 1. The van der Waals surface area contributed by atoms with Crippen LogP contribution in [0.5, 0.6) is 5.75 Å². The fourth-order valence-corrected chi connectivity index (χ4v) is 3.55. The van der Waals surface area contributed by atoms with Crippen molar-refractivity contribution in [1.82, 2.24) is 10.2 Å². The molecule has 2 saturated heterocycles. The normalized spacial score (nSPS) is 27.6. The van der Waals surface area contributed by atoms with Crippen LogP contribution >= 0.6 is 0 Å². The molecule has 2 heterocycles. The van der Waals surface area contributed by atoms with Crippen LogP contribution in [0.25, 0.3) is 0 Å². The highest BCUT2D eigenvalue weighted by Crippen LogP contribution is 2.24. The van der Waals surface area contributed by atoms with E-state index >= 15 is 0 Å². The molecular formula is C17H26N2O. The highest BCUT2D eigenvalue weighted by atomic mass is 16.5. The third-order valence-corrected chi connectivity index (χ3v) is 4.63. The number of hydrogen-bond donors (Lipinski definition) is 1. The van der Waals surface area contributed by atoms with Crippen molar-refractivity contribution in [2.45, 2.75) is 31.7 Å². The maximum absolute atomic E-state index is 5.81. The Balaban J connectivity index is 1.41. The SMILES string of the molecule is c1ccc(OCCN2CCCC(C3CCCN3)C2)cc1. The van der Waals surface area contributed by atoms with Crippen molar-refractivity contribution in [1.29, 1.82) is 0 Å². The second kappa shape index (κ2) is 7.09. The number of likely N-dealkylation sites (tertiary alicyclic amines) is 1. The van der Waals surface area contributed by atoms with Crippen LogP contribution in [0.3, 0.4) is 0 Å². The van der Waals surface area contributed by atoms with E-state index in [9.17, 15) is 0 Å². The van der Waals surface area contributed by atoms with Gasteiger partial charge in [0.15, 0.2) is 0 Å². The molecule has 20 heavy (non-hydrogen) atoms. The maximum Gasteiger partial charge on any atom is 0.119 e. The molecule has 2 atom stereocenters. The van der Waals surface area contributed by atoms with E-state index in [0.29, 0.717) is 0 Å². The van der Waals surface area contributed by atoms with E-state index in [-0.39, 0.29) is 0 Å². The predicted molar refractivity (Wildman–Crippen MR) is 82.1 cm³/mol. The van der Waals surface area contributed by atoms with Crippen LogP contribution in [0.1, 0.15) is 25.7 Å². The molecule has 0 aliphatic carbocycles. The Morgan fingerprint density at radius 1 is 1.15 bits per heavy atom. The van der Waals surface area contributed by atoms with E-state index in [2.05, 4.69) is 10.2 Å². The fraction of sp³-hybridized carbons (Fsp3) is 0.647. The minimum absolute atomic E-state index is 0.771. The van der Waals surface area contributed by atoms with E-state index in [1.54, 1.807) is 0 Å². The third-order valence-electron chi connectivity index (χ3n) is 4.63. The Kier molecular flexibility index (Phi) is 4.93. The lowest BCUT2D eigenvalue weighted by Crippen LogP contribution is -2.44. The zero-order valence-electron chi connectivity index (χ0n) is 12.3. The standard InChI is InChI=1S/C17H26N2O/c1-2-7-16(8-3-1)20-13-12-19-11-5-6-15(14-19)17-9-4-10-18-17/h1-3,7-8,15,17-18H,4-6,9-14H2. The molecule has 0 saturated carbocycles. The first-order valence-corrected chi connectivity index (χ1v) is 8.05. The first-order chi connectivity index (χ1) is 9.92. The van der Waals surface area contributed by atoms with Crippen molar-refractivity contribution < 1.29 is 4.74 Å². The number of ether oxygens (including phenoxy) is 1. The van der Waals surface area contributed by atoms with Gasteiger partial charge >= 0.3 is 0 Å². The molecule has 2 fully saturated rings. The summed E-state index contributed by atoms with van der Waals surface area (Å²) >= 11 is 0. The van der Waals surface area contributed by atoms with Crippen LogP contribution in [0.2, 0.25) is 0 Å². The first-order valence-electron chi connectivity index (χ1n) is 8.05. The van der Waals surface area contributed by atoms with Gasteiger partial charge in [-0.15, -0.1) is 0 Å². The quantitative estimate of drug-likeness (QED) is 0.893. The highest BCUT2D eigenvalue weighted by molar-refractivity contribution is 5.20. The largest absolute Gasteiger partial charge is 0.492 e. The minimum atomic E-state index is 0.771. The van der Waals surface area contributed by atoms with E-state index in [4.69, 9.17) is 4.74 Å². The molecule has 2 unspecified atom stereocenters. The van der Waals surface area contributed by atoms with Gasteiger partial charge in [0.2, 0.25) is 0 Å². The maximum atomic E-state index is 5.81. The molecule has 0 bridgehead atoms. The number of benzene rings is 1. The van der Waals surface area contributed by atoms with Gasteiger partial charge in [0.1, 0.15) is 12.4 Å². The van der Waals surface area contributed by atoms with Gasteiger partial charge in [0.05, 0.1) is 0 Å². The number of rotatable bonds is 5. The number of hydrogen-bond acceptors (Lipinski definition) is 3. The summed E-state index contributed by atoms with van der Waals surface area (Å²) in [4.78, 5) is 2.58. The Hall–Kier alpha value is -1.06. The van der Waals surface area contributed by atoms with Crippen LogP contribution in [-0.2, 0) is 0 Å². The van der Waals surface area contributed by atoms with Crippen LogP contribution in [0.15, 0.2) is 30.3 Å². The molecule has 0 aromatic heterocycles. The summed E-state index contributed by atoms with van der Waals surface area (Å²) < 4.78 is 5.81.